The highest BCUT2D eigenvalue weighted by atomic mass is 35.5. The number of benzene rings is 2. The first-order valence-electron chi connectivity index (χ1n) is 10.6. The highest BCUT2D eigenvalue weighted by molar-refractivity contribution is 7.80. The third kappa shape index (κ3) is 4.83. The number of carbonyl (C=O) groups excluding carboxylic acids is 1. The number of amidine groups is 1. The van der Waals surface area contributed by atoms with Crippen LogP contribution in [0.2, 0.25) is 5.02 Å². The van der Waals surface area contributed by atoms with Gasteiger partial charge in [0.15, 0.2) is 0 Å². The third-order valence-electron chi connectivity index (χ3n) is 5.75. The molecular weight excluding hydrogens is 432 g/mol. The van der Waals surface area contributed by atoms with Gasteiger partial charge in [-0.1, -0.05) is 49.1 Å². The van der Waals surface area contributed by atoms with Gasteiger partial charge in [0.2, 0.25) is 0 Å². The highest BCUT2D eigenvalue weighted by Gasteiger charge is 2.55. The minimum Gasteiger partial charge on any atom is -0.445 e. The molecule has 0 aromatic heterocycles. The molecule has 2 aliphatic rings. The number of halogens is 1. The second kappa shape index (κ2) is 9.66. The smallest absolute Gasteiger partial charge is 0.411 e. The van der Waals surface area contributed by atoms with Crippen LogP contribution >= 0.6 is 23.8 Å². The average Bonchev–Trinajstić information content (AvgIpc) is 3.04. The predicted molar refractivity (Wildman–Crippen MR) is 128 cm³/mol. The predicted octanol–water partition coefficient (Wildman–Crippen LogP) is 3.47. The average molecular weight is 458 g/mol. The van der Waals surface area contributed by atoms with Gasteiger partial charge in [0, 0.05) is 16.4 Å². The van der Waals surface area contributed by atoms with Gasteiger partial charge in [-0.3, -0.25) is 15.2 Å². The summed E-state index contributed by atoms with van der Waals surface area (Å²) in [6, 6.07) is 17.2. The molecule has 1 heterocycles. The van der Waals surface area contributed by atoms with E-state index >= 15 is 0 Å². The van der Waals surface area contributed by atoms with E-state index in [1.165, 1.54) is 6.42 Å². The molecule has 0 bridgehead atoms. The van der Waals surface area contributed by atoms with Gasteiger partial charge in [-0.25, -0.2) is 10.1 Å². The zero-order valence-corrected chi connectivity index (χ0v) is 18.8. The van der Waals surface area contributed by atoms with E-state index in [0.717, 1.165) is 37.2 Å². The minimum absolute atomic E-state index is 0.192. The summed E-state index contributed by atoms with van der Waals surface area (Å²) in [6.07, 6.45) is 5.09. The summed E-state index contributed by atoms with van der Waals surface area (Å²) < 4.78 is 5.32. The van der Waals surface area contributed by atoms with E-state index in [1.54, 1.807) is 24.3 Å². The minimum atomic E-state index is -0.498. The Balaban J connectivity index is 1.41. The van der Waals surface area contributed by atoms with E-state index in [2.05, 4.69) is 32.7 Å². The van der Waals surface area contributed by atoms with Crippen LogP contribution in [0.5, 0.6) is 0 Å². The number of hydrogen-bond acceptors (Lipinski definition) is 3. The quantitative estimate of drug-likeness (QED) is 0.474. The lowest BCUT2D eigenvalue weighted by molar-refractivity contribution is -0.464. The van der Waals surface area contributed by atoms with E-state index in [-0.39, 0.29) is 12.1 Å². The van der Waals surface area contributed by atoms with Gasteiger partial charge in [-0.15, -0.1) is 0 Å². The second-order valence-electron chi connectivity index (χ2n) is 7.76. The number of carbonyl (C=O) groups is 1. The van der Waals surface area contributed by atoms with Crippen LogP contribution in [0, 0.1) is 0 Å². The standard InChI is InChI=1S/C23H25ClN4O2S/c24-17-9-11-18(12-10-17)26-22(29)30-16-15-25-20-23(13-5-2-6-14-23)28(21(31)27-20)19-7-3-1-4-8-19/h1,3-4,7-12H,2,5-6,13-16H2,(H,26,29)(H,25,27,31)/p+1. The lowest BCUT2D eigenvalue weighted by Crippen LogP contribution is -2.81. The Morgan fingerprint density at radius 3 is 2.55 bits per heavy atom. The summed E-state index contributed by atoms with van der Waals surface area (Å²) in [7, 11) is 0. The molecule has 1 amide bonds. The number of hydrogen-bond donors (Lipinski definition) is 3. The Hall–Kier alpha value is -2.64. The summed E-state index contributed by atoms with van der Waals surface area (Å²) >= 11 is 11.6. The maximum Gasteiger partial charge on any atom is 0.411 e. The summed E-state index contributed by atoms with van der Waals surface area (Å²) in [5, 5.41) is 7.40. The van der Waals surface area contributed by atoms with Crippen molar-refractivity contribution in [2.45, 2.75) is 37.6 Å². The maximum absolute atomic E-state index is 12.0. The Morgan fingerprint density at radius 1 is 1.13 bits per heavy atom. The van der Waals surface area contributed by atoms with Gasteiger partial charge in [0.25, 0.3) is 10.9 Å². The molecule has 1 saturated heterocycles. The number of para-hydroxylation sites is 1. The number of nitrogens with zero attached hydrogens (tertiary/aromatic N) is 1. The summed E-state index contributed by atoms with van der Waals surface area (Å²) in [4.78, 5) is 17.7. The molecule has 4 rings (SSSR count). The molecule has 1 saturated carbocycles. The van der Waals surface area contributed by atoms with Crippen LogP contribution in [-0.2, 0) is 4.74 Å². The van der Waals surface area contributed by atoms with Crippen LogP contribution in [0.4, 0.5) is 16.2 Å². The number of thiocarbonyl (C=S) groups is 1. The number of anilines is 2. The van der Waals surface area contributed by atoms with Crippen molar-refractivity contribution in [2.75, 3.05) is 23.4 Å². The van der Waals surface area contributed by atoms with Gasteiger partial charge in [0.1, 0.15) is 18.7 Å². The summed E-state index contributed by atoms with van der Waals surface area (Å²) in [5.74, 6) is 1.00. The summed E-state index contributed by atoms with van der Waals surface area (Å²) in [5.41, 5.74) is 1.54. The first kappa shape index (κ1) is 21.6. The van der Waals surface area contributed by atoms with E-state index in [0.29, 0.717) is 22.4 Å². The molecule has 0 radical (unpaired) electrons. The van der Waals surface area contributed by atoms with Crippen LogP contribution in [0.25, 0.3) is 0 Å². The number of ether oxygens (including phenoxy) is 1. The molecular formula is C23H26ClN4O2S+. The lowest BCUT2D eigenvalue weighted by atomic mass is 9.80. The fourth-order valence-electron chi connectivity index (χ4n) is 4.35. The Labute approximate surface area is 192 Å². The second-order valence-corrected chi connectivity index (χ2v) is 8.59. The molecule has 0 atom stereocenters. The lowest BCUT2D eigenvalue weighted by Gasteiger charge is -2.37. The van der Waals surface area contributed by atoms with Crippen molar-refractivity contribution >= 4 is 52.2 Å². The van der Waals surface area contributed by atoms with Crippen LogP contribution < -0.4 is 20.5 Å². The Bertz CT molecular complexity index is 959. The largest absolute Gasteiger partial charge is 0.445 e. The number of nitrogens with one attached hydrogen (secondary N) is 3. The molecule has 2 aromatic rings. The summed E-state index contributed by atoms with van der Waals surface area (Å²) in [6.45, 7) is 0.724. The van der Waals surface area contributed by atoms with Crippen LogP contribution in [0.15, 0.2) is 54.6 Å². The maximum atomic E-state index is 12.0. The molecule has 1 spiro atoms. The van der Waals surface area contributed by atoms with Gasteiger partial charge >= 0.3 is 6.09 Å². The van der Waals surface area contributed by atoms with Crippen LogP contribution in [0.1, 0.15) is 32.1 Å². The molecule has 3 N–H and O–H groups in total. The SMILES string of the molecule is O=C(Nc1ccc(Cl)cc1)OCC[NH+]=C1NC(=S)N(c2ccccc2)C12CCCCC2. The van der Waals surface area contributed by atoms with Crippen molar-refractivity contribution in [3.63, 3.8) is 0 Å². The number of rotatable bonds is 5. The fourth-order valence-corrected chi connectivity index (χ4v) is 4.86. The van der Waals surface area contributed by atoms with Crippen molar-refractivity contribution in [1.82, 2.24) is 5.32 Å². The van der Waals surface area contributed by atoms with Crippen molar-refractivity contribution in [3.05, 3.63) is 59.6 Å². The first-order chi connectivity index (χ1) is 15.1. The van der Waals surface area contributed by atoms with Crippen molar-refractivity contribution < 1.29 is 14.5 Å². The molecule has 0 unspecified atom stereocenters. The monoisotopic (exact) mass is 457 g/mol. The highest BCUT2D eigenvalue weighted by Crippen LogP contribution is 2.39. The molecule has 8 heteroatoms. The topological polar surface area (TPSA) is 67.6 Å². The Kier molecular flexibility index (Phi) is 6.73. The van der Waals surface area contributed by atoms with Crippen molar-refractivity contribution in [3.8, 4) is 0 Å². The zero-order valence-electron chi connectivity index (χ0n) is 17.2. The van der Waals surface area contributed by atoms with Gasteiger partial charge in [-0.05, 0) is 61.5 Å². The van der Waals surface area contributed by atoms with Gasteiger partial charge < -0.3 is 4.74 Å². The molecule has 162 valence electrons. The van der Waals surface area contributed by atoms with Crippen molar-refractivity contribution in [1.29, 1.82) is 0 Å². The Morgan fingerprint density at radius 2 is 1.84 bits per heavy atom. The van der Waals surface area contributed by atoms with Gasteiger partial charge in [-0.2, -0.15) is 0 Å². The van der Waals surface area contributed by atoms with Gasteiger partial charge in [0.05, 0.1) is 0 Å². The fraction of sp³-hybridized carbons (Fsp3) is 0.348. The van der Waals surface area contributed by atoms with Crippen LogP contribution in [0.3, 0.4) is 0 Å². The molecule has 1 aliphatic carbocycles. The molecule has 1 aliphatic heterocycles. The van der Waals surface area contributed by atoms with E-state index < -0.39 is 6.09 Å². The van der Waals surface area contributed by atoms with Crippen molar-refractivity contribution in [2.24, 2.45) is 0 Å². The first-order valence-corrected chi connectivity index (χ1v) is 11.3. The normalized spacial score (nSPS) is 18.8. The van der Waals surface area contributed by atoms with E-state index in [4.69, 9.17) is 28.6 Å². The third-order valence-corrected chi connectivity index (χ3v) is 6.29. The molecule has 6 nitrogen and oxygen atoms in total. The molecule has 31 heavy (non-hydrogen) atoms. The molecule has 2 aromatic carbocycles. The van der Waals surface area contributed by atoms with E-state index in [9.17, 15) is 4.79 Å². The number of amides is 1. The molecule has 2 fully saturated rings. The van der Waals surface area contributed by atoms with Crippen LogP contribution in [-0.4, -0.2) is 35.7 Å². The van der Waals surface area contributed by atoms with E-state index in [1.807, 2.05) is 18.2 Å². The zero-order chi connectivity index (χ0) is 21.7.